The Labute approximate surface area is 78.4 Å². The topological polar surface area (TPSA) is 40.5 Å². The molecular formula is C7H2F6O2. The van der Waals surface area contributed by atoms with Crippen LogP contribution >= 0.6 is 0 Å². The fourth-order valence-electron chi connectivity index (χ4n) is 0.895. The molecule has 0 aliphatic carbocycles. The van der Waals surface area contributed by atoms with E-state index in [0.717, 1.165) is 0 Å². The molecule has 2 N–H and O–H groups in total. The minimum Gasteiger partial charge on any atom is -0.504 e. The van der Waals surface area contributed by atoms with Crippen LogP contribution in [0.3, 0.4) is 0 Å². The van der Waals surface area contributed by atoms with Crippen LogP contribution in [-0.2, 0) is 6.18 Å². The van der Waals surface area contributed by atoms with E-state index in [1.165, 1.54) is 0 Å². The van der Waals surface area contributed by atoms with Crippen molar-refractivity contribution in [3.63, 3.8) is 0 Å². The summed E-state index contributed by atoms with van der Waals surface area (Å²) in [6.07, 6.45) is -5.44. The average molecular weight is 232 g/mol. The monoisotopic (exact) mass is 232 g/mol. The quantitative estimate of drug-likeness (QED) is 0.410. The molecule has 15 heavy (non-hydrogen) atoms. The second-order valence-corrected chi connectivity index (χ2v) is 2.51. The maximum absolute atomic E-state index is 12.7. The van der Waals surface area contributed by atoms with Gasteiger partial charge in [0.15, 0.2) is 17.3 Å². The number of hydrogen-bond acceptors (Lipinski definition) is 2. The summed E-state index contributed by atoms with van der Waals surface area (Å²) in [5.41, 5.74) is -2.45. The van der Waals surface area contributed by atoms with Gasteiger partial charge in [-0.05, 0) is 0 Å². The summed E-state index contributed by atoms with van der Waals surface area (Å²) in [6.45, 7) is 0. The number of halogens is 6. The Bertz CT molecular complexity index is 382. The van der Waals surface area contributed by atoms with Crippen LogP contribution in [-0.4, -0.2) is 10.2 Å². The van der Waals surface area contributed by atoms with E-state index in [-0.39, 0.29) is 0 Å². The number of aromatic hydroxyl groups is 2. The molecule has 1 rings (SSSR count). The Morgan fingerprint density at radius 1 is 0.733 bits per heavy atom. The summed E-state index contributed by atoms with van der Waals surface area (Å²) in [7, 11) is 0. The molecule has 0 unspecified atom stereocenters. The van der Waals surface area contributed by atoms with E-state index in [1.807, 2.05) is 0 Å². The SMILES string of the molecule is Oc1c(F)c(F)c(O)c(C(F)(F)F)c1F. The van der Waals surface area contributed by atoms with Crippen molar-refractivity contribution in [3.05, 3.63) is 23.0 Å². The Morgan fingerprint density at radius 3 is 1.53 bits per heavy atom. The third kappa shape index (κ3) is 1.66. The first-order valence-electron chi connectivity index (χ1n) is 3.33. The van der Waals surface area contributed by atoms with Gasteiger partial charge in [0.25, 0.3) is 0 Å². The summed E-state index contributed by atoms with van der Waals surface area (Å²) < 4.78 is 73.6. The lowest BCUT2D eigenvalue weighted by Gasteiger charge is -2.12. The number of alkyl halides is 3. The summed E-state index contributed by atoms with van der Waals surface area (Å²) in [5.74, 6) is -11.5. The molecule has 0 heterocycles. The van der Waals surface area contributed by atoms with E-state index in [4.69, 9.17) is 10.2 Å². The van der Waals surface area contributed by atoms with Crippen molar-refractivity contribution in [1.29, 1.82) is 0 Å². The summed E-state index contributed by atoms with van der Waals surface area (Å²) in [6, 6.07) is 0. The smallest absolute Gasteiger partial charge is 0.423 e. The Morgan fingerprint density at radius 2 is 1.13 bits per heavy atom. The van der Waals surface area contributed by atoms with Crippen LogP contribution in [0.1, 0.15) is 5.56 Å². The highest BCUT2D eigenvalue weighted by molar-refractivity contribution is 5.44. The zero-order valence-corrected chi connectivity index (χ0v) is 6.66. The minimum absolute atomic E-state index is 2.13. The molecular weight excluding hydrogens is 230 g/mol. The first-order chi connectivity index (χ1) is 6.68. The summed E-state index contributed by atoms with van der Waals surface area (Å²) >= 11 is 0. The summed E-state index contributed by atoms with van der Waals surface area (Å²) in [5, 5.41) is 17.0. The average Bonchev–Trinajstić information content (AvgIpc) is 2.09. The van der Waals surface area contributed by atoms with Crippen molar-refractivity contribution in [2.45, 2.75) is 6.18 Å². The van der Waals surface area contributed by atoms with Crippen LogP contribution in [0.25, 0.3) is 0 Å². The molecule has 0 aliphatic rings. The maximum atomic E-state index is 12.7. The van der Waals surface area contributed by atoms with Crippen LogP contribution < -0.4 is 0 Å². The van der Waals surface area contributed by atoms with Gasteiger partial charge in [0, 0.05) is 0 Å². The maximum Gasteiger partial charge on any atom is 0.423 e. The van der Waals surface area contributed by atoms with Gasteiger partial charge in [-0.3, -0.25) is 0 Å². The molecule has 0 bridgehead atoms. The highest BCUT2D eigenvalue weighted by Crippen LogP contribution is 2.43. The Hall–Kier alpha value is -1.60. The minimum atomic E-state index is -5.44. The highest BCUT2D eigenvalue weighted by atomic mass is 19.4. The number of rotatable bonds is 0. The van der Waals surface area contributed by atoms with Crippen LogP contribution in [0.15, 0.2) is 0 Å². The predicted molar refractivity (Wildman–Crippen MR) is 34.6 cm³/mol. The third-order valence-corrected chi connectivity index (χ3v) is 1.56. The van der Waals surface area contributed by atoms with Gasteiger partial charge >= 0.3 is 6.18 Å². The largest absolute Gasteiger partial charge is 0.504 e. The molecule has 0 fully saturated rings. The molecule has 0 atom stereocenters. The van der Waals surface area contributed by atoms with E-state index in [2.05, 4.69) is 0 Å². The van der Waals surface area contributed by atoms with Gasteiger partial charge in [0.2, 0.25) is 11.6 Å². The molecule has 0 spiro atoms. The van der Waals surface area contributed by atoms with Gasteiger partial charge in [-0.1, -0.05) is 0 Å². The number of phenolic OH excluding ortho intramolecular Hbond substituents is 2. The van der Waals surface area contributed by atoms with Crippen LogP contribution in [0.5, 0.6) is 11.5 Å². The van der Waals surface area contributed by atoms with Crippen molar-refractivity contribution in [2.24, 2.45) is 0 Å². The molecule has 0 aliphatic heterocycles. The van der Waals surface area contributed by atoms with Gasteiger partial charge in [-0.25, -0.2) is 4.39 Å². The Kier molecular flexibility index (Phi) is 2.46. The molecule has 84 valence electrons. The van der Waals surface area contributed by atoms with Gasteiger partial charge in [-0.15, -0.1) is 0 Å². The molecule has 2 nitrogen and oxygen atoms in total. The van der Waals surface area contributed by atoms with Crippen molar-refractivity contribution in [1.82, 2.24) is 0 Å². The standard InChI is InChI=1S/C7H2F6O2/c8-2-1(7(11,12)13)5(14)3(9)4(10)6(2)15/h14-15H. The van der Waals surface area contributed by atoms with E-state index in [1.54, 1.807) is 0 Å². The third-order valence-electron chi connectivity index (χ3n) is 1.56. The molecule has 0 radical (unpaired) electrons. The van der Waals surface area contributed by atoms with Crippen molar-refractivity contribution >= 4 is 0 Å². The molecule has 1 aromatic carbocycles. The molecule has 1 aromatic rings. The van der Waals surface area contributed by atoms with Gasteiger partial charge < -0.3 is 10.2 Å². The van der Waals surface area contributed by atoms with E-state index >= 15 is 0 Å². The second-order valence-electron chi connectivity index (χ2n) is 2.51. The van der Waals surface area contributed by atoms with Crippen LogP contribution in [0, 0.1) is 17.5 Å². The lowest BCUT2D eigenvalue weighted by Crippen LogP contribution is -2.11. The van der Waals surface area contributed by atoms with Gasteiger partial charge in [0.1, 0.15) is 5.56 Å². The van der Waals surface area contributed by atoms with Crippen LogP contribution in [0.2, 0.25) is 0 Å². The van der Waals surface area contributed by atoms with Crippen molar-refractivity contribution in [2.75, 3.05) is 0 Å². The first-order valence-corrected chi connectivity index (χ1v) is 3.33. The zero-order chi connectivity index (χ0) is 12.0. The molecule has 0 aromatic heterocycles. The highest BCUT2D eigenvalue weighted by Gasteiger charge is 2.42. The van der Waals surface area contributed by atoms with Crippen molar-refractivity contribution in [3.8, 4) is 11.5 Å². The fraction of sp³-hybridized carbons (Fsp3) is 0.143. The second kappa shape index (κ2) is 3.21. The molecule has 0 amide bonds. The van der Waals surface area contributed by atoms with Crippen LogP contribution in [0.4, 0.5) is 26.3 Å². The molecule has 0 saturated carbocycles. The summed E-state index contributed by atoms with van der Waals surface area (Å²) in [4.78, 5) is 0. The number of benzene rings is 1. The zero-order valence-electron chi connectivity index (χ0n) is 6.66. The van der Waals surface area contributed by atoms with Gasteiger partial charge in [-0.2, -0.15) is 22.0 Å². The van der Waals surface area contributed by atoms with Gasteiger partial charge in [0.05, 0.1) is 0 Å². The Balaban J connectivity index is 3.68. The normalized spacial score (nSPS) is 11.9. The lowest BCUT2D eigenvalue weighted by molar-refractivity contribution is -0.141. The van der Waals surface area contributed by atoms with E-state index in [9.17, 15) is 26.3 Å². The molecule has 0 saturated heterocycles. The van der Waals surface area contributed by atoms with E-state index < -0.39 is 40.7 Å². The number of phenols is 2. The number of hydrogen-bond donors (Lipinski definition) is 2. The fourth-order valence-corrected chi connectivity index (χ4v) is 0.895. The lowest BCUT2D eigenvalue weighted by atomic mass is 10.1. The predicted octanol–water partition coefficient (Wildman–Crippen LogP) is 2.53. The molecule has 8 heteroatoms. The first kappa shape index (κ1) is 11.5. The van der Waals surface area contributed by atoms with Crippen molar-refractivity contribution < 1.29 is 36.6 Å². The van der Waals surface area contributed by atoms with E-state index in [0.29, 0.717) is 0 Å².